The van der Waals surface area contributed by atoms with Crippen LogP contribution < -0.4 is 0 Å². The fourth-order valence-corrected chi connectivity index (χ4v) is 3.20. The normalized spacial score (nSPS) is 17.8. The lowest BCUT2D eigenvalue weighted by atomic mass is 9.88. The molecule has 0 fully saturated rings. The Morgan fingerprint density at radius 3 is 2.42 bits per heavy atom. The molecule has 102 valence electrons. The highest BCUT2D eigenvalue weighted by Gasteiger charge is 2.27. The van der Waals surface area contributed by atoms with E-state index in [-0.39, 0.29) is 0 Å². The maximum atomic E-state index is 8.12. The lowest BCUT2D eigenvalue weighted by Crippen LogP contribution is -2.05. The van der Waals surface area contributed by atoms with Crippen LogP contribution in [0.4, 0.5) is 0 Å². The van der Waals surface area contributed by atoms with Crippen LogP contribution in [0.2, 0.25) is 0 Å². The van der Waals surface area contributed by atoms with Crippen LogP contribution in [-0.2, 0) is 0 Å². The maximum Gasteiger partial charge on any atom is 0.0386 e. The zero-order chi connectivity index (χ0) is 13.9. The summed E-state index contributed by atoms with van der Waals surface area (Å²) in [5, 5.41) is 8.12. The van der Waals surface area contributed by atoms with Crippen molar-refractivity contribution in [1.82, 2.24) is 0 Å². The second-order valence-corrected chi connectivity index (χ2v) is 6.60. The minimum Gasteiger partial charge on any atom is -0.305 e. The van der Waals surface area contributed by atoms with Crippen LogP contribution in [0.15, 0.2) is 41.5 Å². The summed E-state index contributed by atoms with van der Waals surface area (Å²) >= 11 is 0. The topological polar surface area (TPSA) is 23.9 Å². The third-order valence-electron chi connectivity index (χ3n) is 4.07. The Morgan fingerprint density at radius 1 is 1.16 bits per heavy atom. The van der Waals surface area contributed by atoms with Crippen molar-refractivity contribution in [3.8, 4) is 0 Å². The molecule has 1 N–H and O–H groups in total. The van der Waals surface area contributed by atoms with Gasteiger partial charge in [-0.15, -0.1) is 0 Å². The van der Waals surface area contributed by atoms with Crippen molar-refractivity contribution in [3.63, 3.8) is 0 Å². The first-order chi connectivity index (χ1) is 8.98. The van der Waals surface area contributed by atoms with Gasteiger partial charge in [0.1, 0.15) is 0 Å². The van der Waals surface area contributed by atoms with Crippen molar-refractivity contribution in [2.24, 2.45) is 5.41 Å². The number of benzene rings is 1. The lowest BCUT2D eigenvalue weighted by molar-refractivity contribution is 0.386. The van der Waals surface area contributed by atoms with Crippen LogP contribution in [0.3, 0.4) is 0 Å². The van der Waals surface area contributed by atoms with Gasteiger partial charge in [0, 0.05) is 5.71 Å². The maximum absolute atomic E-state index is 8.12. The Morgan fingerprint density at radius 2 is 1.84 bits per heavy atom. The molecule has 0 amide bonds. The minimum atomic E-state index is 0.465. The van der Waals surface area contributed by atoms with Gasteiger partial charge < -0.3 is 5.41 Å². The Hall–Kier alpha value is -1.37. The molecule has 0 saturated carbocycles. The molecule has 0 unspecified atom stereocenters. The molecule has 0 radical (unpaired) electrons. The van der Waals surface area contributed by atoms with E-state index in [2.05, 4.69) is 20.8 Å². The highest BCUT2D eigenvalue weighted by Crippen LogP contribution is 2.42. The summed E-state index contributed by atoms with van der Waals surface area (Å²) in [6, 6.07) is 10.1. The first-order valence-corrected chi connectivity index (χ1v) is 7.28. The summed E-state index contributed by atoms with van der Waals surface area (Å²) in [4.78, 5) is 0. The van der Waals surface area contributed by atoms with Crippen molar-refractivity contribution >= 4 is 5.71 Å². The predicted octanol–water partition coefficient (Wildman–Crippen LogP) is 5.36. The van der Waals surface area contributed by atoms with E-state index in [9.17, 15) is 0 Å². The van der Waals surface area contributed by atoms with Gasteiger partial charge in [-0.3, -0.25) is 0 Å². The molecule has 1 aliphatic carbocycles. The fourth-order valence-electron chi connectivity index (χ4n) is 3.20. The quantitative estimate of drug-likeness (QED) is 0.541. The molecular formula is C18H25N. The largest absolute Gasteiger partial charge is 0.305 e. The summed E-state index contributed by atoms with van der Waals surface area (Å²) in [7, 11) is 0. The average Bonchev–Trinajstić information content (AvgIpc) is 2.63. The van der Waals surface area contributed by atoms with Gasteiger partial charge in [0.25, 0.3) is 0 Å². The van der Waals surface area contributed by atoms with Crippen LogP contribution in [0.25, 0.3) is 0 Å². The van der Waals surface area contributed by atoms with Crippen LogP contribution in [-0.4, -0.2) is 5.71 Å². The zero-order valence-electron chi connectivity index (χ0n) is 12.4. The third-order valence-corrected chi connectivity index (χ3v) is 4.07. The van der Waals surface area contributed by atoms with Gasteiger partial charge in [0.05, 0.1) is 0 Å². The molecule has 19 heavy (non-hydrogen) atoms. The summed E-state index contributed by atoms with van der Waals surface area (Å²) in [6.07, 6.45) is 5.66. The molecule has 0 bridgehead atoms. The summed E-state index contributed by atoms with van der Waals surface area (Å²) in [5.74, 6) is 0. The molecule has 0 atom stereocenters. The van der Waals surface area contributed by atoms with E-state index >= 15 is 0 Å². The van der Waals surface area contributed by atoms with E-state index in [1.54, 1.807) is 11.1 Å². The Kier molecular flexibility index (Phi) is 4.24. The van der Waals surface area contributed by atoms with E-state index < -0.39 is 0 Å². The standard InChI is InChI=1S/C18H25N/c1-14-12-18(2,3)13-16(14)10-7-11-17(19)15-8-5-4-6-9-15/h4-6,8-9,19H,7,10-13H2,1-3H3. The van der Waals surface area contributed by atoms with Gasteiger partial charge in [-0.05, 0) is 50.0 Å². The molecular weight excluding hydrogens is 230 g/mol. The number of hydrogen-bond donors (Lipinski definition) is 1. The fraction of sp³-hybridized carbons (Fsp3) is 0.500. The van der Waals surface area contributed by atoms with Gasteiger partial charge in [-0.25, -0.2) is 0 Å². The molecule has 0 saturated heterocycles. The minimum absolute atomic E-state index is 0.465. The molecule has 0 aromatic heterocycles. The SMILES string of the molecule is CC1=C(CCCC(=N)c2ccccc2)CC(C)(C)C1. The molecule has 0 heterocycles. The molecule has 1 aromatic carbocycles. The number of rotatable bonds is 5. The molecule has 1 aromatic rings. The average molecular weight is 255 g/mol. The lowest BCUT2D eigenvalue weighted by Gasteiger charge is -2.17. The van der Waals surface area contributed by atoms with Crippen molar-refractivity contribution < 1.29 is 0 Å². The van der Waals surface area contributed by atoms with Crippen LogP contribution in [0.5, 0.6) is 0 Å². The molecule has 2 rings (SSSR count). The monoisotopic (exact) mass is 255 g/mol. The van der Waals surface area contributed by atoms with Crippen LogP contribution >= 0.6 is 0 Å². The molecule has 1 nitrogen and oxygen atoms in total. The van der Waals surface area contributed by atoms with Gasteiger partial charge in [0.15, 0.2) is 0 Å². The highest BCUT2D eigenvalue weighted by molar-refractivity contribution is 5.98. The van der Waals surface area contributed by atoms with Crippen molar-refractivity contribution in [2.45, 2.75) is 52.9 Å². The number of nitrogens with one attached hydrogen (secondary N) is 1. The van der Waals surface area contributed by atoms with Gasteiger partial charge >= 0.3 is 0 Å². The third kappa shape index (κ3) is 3.79. The molecule has 0 aliphatic heterocycles. The summed E-state index contributed by atoms with van der Waals surface area (Å²) in [6.45, 7) is 7.00. The van der Waals surface area contributed by atoms with Gasteiger partial charge in [-0.1, -0.05) is 55.3 Å². The van der Waals surface area contributed by atoms with E-state index in [4.69, 9.17) is 5.41 Å². The molecule has 1 aliphatic rings. The second kappa shape index (κ2) is 5.73. The highest BCUT2D eigenvalue weighted by atomic mass is 14.4. The Labute approximate surface area is 117 Å². The van der Waals surface area contributed by atoms with Gasteiger partial charge in [0.2, 0.25) is 0 Å². The molecule has 1 heteroatoms. The summed E-state index contributed by atoms with van der Waals surface area (Å²) < 4.78 is 0. The summed E-state index contributed by atoms with van der Waals surface area (Å²) in [5.41, 5.74) is 5.55. The zero-order valence-corrected chi connectivity index (χ0v) is 12.4. The van der Waals surface area contributed by atoms with Crippen molar-refractivity contribution in [1.29, 1.82) is 5.41 Å². The Bertz CT molecular complexity index is 480. The molecule has 0 spiro atoms. The van der Waals surface area contributed by atoms with E-state index in [0.717, 1.165) is 24.1 Å². The number of allylic oxidation sites excluding steroid dienone is 2. The van der Waals surface area contributed by atoms with Crippen molar-refractivity contribution in [3.05, 3.63) is 47.0 Å². The van der Waals surface area contributed by atoms with E-state index in [1.165, 1.54) is 19.3 Å². The van der Waals surface area contributed by atoms with E-state index in [0.29, 0.717) is 5.41 Å². The van der Waals surface area contributed by atoms with Gasteiger partial charge in [-0.2, -0.15) is 0 Å². The van der Waals surface area contributed by atoms with Crippen molar-refractivity contribution in [2.75, 3.05) is 0 Å². The van der Waals surface area contributed by atoms with Crippen LogP contribution in [0, 0.1) is 10.8 Å². The number of hydrogen-bond acceptors (Lipinski definition) is 1. The Balaban J connectivity index is 1.82. The smallest absolute Gasteiger partial charge is 0.0386 e. The first kappa shape index (κ1) is 14.0. The first-order valence-electron chi connectivity index (χ1n) is 7.28. The predicted molar refractivity (Wildman–Crippen MR) is 82.8 cm³/mol. The van der Waals surface area contributed by atoms with Crippen LogP contribution in [0.1, 0.15) is 58.4 Å². The second-order valence-electron chi connectivity index (χ2n) is 6.60. The van der Waals surface area contributed by atoms with E-state index in [1.807, 2.05) is 30.3 Å².